The van der Waals surface area contributed by atoms with E-state index in [1.807, 2.05) is 54.6 Å². The van der Waals surface area contributed by atoms with Crippen LogP contribution in [0.1, 0.15) is 49.3 Å². The zero-order valence-electron chi connectivity index (χ0n) is 21.4. The Morgan fingerprint density at radius 3 is 2.55 bits per heavy atom. The number of aromatic nitrogens is 3. The zero-order valence-corrected chi connectivity index (χ0v) is 22.2. The van der Waals surface area contributed by atoms with Crippen LogP contribution in [0.25, 0.3) is 11.4 Å². The van der Waals surface area contributed by atoms with Crippen molar-refractivity contribution in [3.63, 3.8) is 0 Å². The summed E-state index contributed by atoms with van der Waals surface area (Å²) in [5.74, 6) is 2.34. The third-order valence-corrected chi connectivity index (χ3v) is 7.43. The third-order valence-electron chi connectivity index (χ3n) is 6.49. The topological polar surface area (TPSA) is 81.4 Å². The fourth-order valence-corrected chi connectivity index (χ4v) is 5.37. The van der Waals surface area contributed by atoms with Crippen LogP contribution < -0.4 is 10.2 Å². The lowest BCUT2D eigenvalue weighted by Gasteiger charge is -2.25. The van der Waals surface area contributed by atoms with Crippen molar-refractivity contribution < 1.29 is 9.53 Å². The first-order chi connectivity index (χ1) is 18.7. The highest BCUT2D eigenvalue weighted by molar-refractivity contribution is 7.99. The van der Waals surface area contributed by atoms with Gasteiger partial charge >= 0.3 is 0 Å². The van der Waals surface area contributed by atoms with Gasteiger partial charge in [0, 0.05) is 11.6 Å². The molecule has 194 valence electrons. The van der Waals surface area contributed by atoms with Crippen LogP contribution in [0.15, 0.2) is 89.1 Å². The van der Waals surface area contributed by atoms with Gasteiger partial charge in [0.2, 0.25) is 0 Å². The smallest absolute Gasteiger partial charge is 0.250 e. The molecule has 1 fully saturated rings. The van der Waals surface area contributed by atoms with Gasteiger partial charge in [-0.3, -0.25) is 9.36 Å². The van der Waals surface area contributed by atoms with Crippen LogP contribution in [0, 0.1) is 6.92 Å². The monoisotopic (exact) mass is 525 g/mol. The Morgan fingerprint density at radius 2 is 1.76 bits per heavy atom. The quantitative estimate of drug-likeness (QED) is 0.148. The van der Waals surface area contributed by atoms with Gasteiger partial charge in [-0.05, 0) is 49.6 Å². The molecule has 7 nitrogen and oxygen atoms in total. The number of nitrogens with one attached hydrogen (secondary N) is 1. The minimum atomic E-state index is -0.196. The van der Waals surface area contributed by atoms with E-state index in [2.05, 4.69) is 56.5 Å². The summed E-state index contributed by atoms with van der Waals surface area (Å²) >= 11 is 1.40. The van der Waals surface area contributed by atoms with E-state index >= 15 is 0 Å². The summed E-state index contributed by atoms with van der Waals surface area (Å²) in [6.45, 7) is 2.08. The molecule has 0 bridgehead atoms. The first kappa shape index (κ1) is 25.7. The molecule has 1 aromatic heterocycles. The SMILES string of the molecule is Cc1ccc(-c2nnc(SCC(=O)N/N=C\c3cccc(Oc4ccccc4)c3)n2C2CCCCC2)cc1. The van der Waals surface area contributed by atoms with Gasteiger partial charge in [-0.2, -0.15) is 5.10 Å². The number of aryl methyl sites for hydroxylation is 1. The second-order valence-corrected chi connectivity index (χ2v) is 10.3. The Hall–Kier alpha value is -3.91. The Kier molecular flexibility index (Phi) is 8.50. The van der Waals surface area contributed by atoms with E-state index in [1.54, 1.807) is 6.21 Å². The number of carbonyl (C=O) groups excluding carboxylic acids is 1. The van der Waals surface area contributed by atoms with Gasteiger partial charge in [0.15, 0.2) is 11.0 Å². The first-order valence-corrected chi connectivity index (χ1v) is 13.9. The van der Waals surface area contributed by atoms with Crippen molar-refractivity contribution in [1.82, 2.24) is 20.2 Å². The van der Waals surface area contributed by atoms with Crippen LogP contribution in [0.4, 0.5) is 0 Å². The molecule has 1 aliphatic rings. The van der Waals surface area contributed by atoms with Crippen LogP contribution in [-0.4, -0.2) is 32.6 Å². The predicted octanol–water partition coefficient (Wildman–Crippen LogP) is 6.79. The number of benzene rings is 3. The molecule has 4 aromatic rings. The van der Waals surface area contributed by atoms with Crippen LogP contribution in [0.2, 0.25) is 0 Å². The Balaban J connectivity index is 1.21. The molecule has 1 amide bonds. The molecule has 0 atom stereocenters. The molecule has 8 heteroatoms. The number of hydrogen-bond acceptors (Lipinski definition) is 6. The van der Waals surface area contributed by atoms with E-state index in [-0.39, 0.29) is 11.7 Å². The highest BCUT2D eigenvalue weighted by atomic mass is 32.2. The molecule has 5 rings (SSSR count). The number of para-hydroxylation sites is 1. The van der Waals surface area contributed by atoms with Gasteiger partial charge in [-0.25, -0.2) is 5.43 Å². The molecule has 3 aromatic carbocycles. The standard InChI is InChI=1S/C30H31N5O2S/c1-22-15-17-24(18-16-22)29-33-34-30(35(29)25-10-4-2-5-11-25)38-21-28(36)32-31-20-23-9-8-14-27(19-23)37-26-12-6-3-7-13-26/h3,6-9,12-20,25H,2,4-5,10-11,21H2,1H3,(H,32,36)/b31-20-. The second kappa shape index (κ2) is 12.6. The number of rotatable bonds is 9. The van der Waals surface area contributed by atoms with Crippen molar-refractivity contribution in [2.45, 2.75) is 50.2 Å². The lowest BCUT2D eigenvalue weighted by molar-refractivity contribution is -0.118. The summed E-state index contributed by atoms with van der Waals surface area (Å²) in [6.07, 6.45) is 7.49. The van der Waals surface area contributed by atoms with Crippen LogP contribution >= 0.6 is 11.8 Å². The van der Waals surface area contributed by atoms with Crippen molar-refractivity contribution in [3.05, 3.63) is 90.0 Å². The van der Waals surface area contributed by atoms with Crippen LogP contribution in [-0.2, 0) is 4.79 Å². The van der Waals surface area contributed by atoms with Crippen molar-refractivity contribution in [1.29, 1.82) is 0 Å². The molecule has 0 radical (unpaired) electrons. The maximum absolute atomic E-state index is 12.6. The summed E-state index contributed by atoms with van der Waals surface area (Å²) in [6, 6.07) is 25.9. The number of nitrogens with zero attached hydrogens (tertiary/aromatic N) is 4. The maximum Gasteiger partial charge on any atom is 0.250 e. The minimum Gasteiger partial charge on any atom is -0.457 e. The summed E-state index contributed by atoms with van der Waals surface area (Å²) in [4.78, 5) is 12.6. The molecule has 0 unspecified atom stereocenters. The highest BCUT2D eigenvalue weighted by Crippen LogP contribution is 2.35. The molecule has 38 heavy (non-hydrogen) atoms. The third kappa shape index (κ3) is 6.69. The summed E-state index contributed by atoms with van der Waals surface area (Å²) < 4.78 is 8.11. The van der Waals surface area contributed by atoms with E-state index in [9.17, 15) is 4.79 Å². The molecule has 0 spiro atoms. The number of hydrogen-bond donors (Lipinski definition) is 1. The van der Waals surface area contributed by atoms with Gasteiger partial charge in [0.25, 0.3) is 5.91 Å². The number of thioether (sulfide) groups is 1. The number of ether oxygens (including phenoxy) is 1. The molecule has 1 saturated carbocycles. The van der Waals surface area contributed by atoms with Gasteiger partial charge < -0.3 is 4.74 Å². The normalized spacial score (nSPS) is 14.0. The van der Waals surface area contributed by atoms with Gasteiger partial charge in [0.1, 0.15) is 11.5 Å². The molecule has 0 saturated heterocycles. The average molecular weight is 526 g/mol. The lowest BCUT2D eigenvalue weighted by Crippen LogP contribution is -2.20. The Labute approximate surface area is 227 Å². The average Bonchev–Trinajstić information content (AvgIpc) is 3.37. The van der Waals surface area contributed by atoms with Crippen molar-refractivity contribution in [3.8, 4) is 22.9 Å². The molecule has 1 aliphatic carbocycles. The lowest BCUT2D eigenvalue weighted by atomic mass is 9.95. The summed E-state index contributed by atoms with van der Waals surface area (Å²) in [5, 5.41) is 13.9. The van der Waals surface area contributed by atoms with E-state index in [0.29, 0.717) is 11.8 Å². The summed E-state index contributed by atoms with van der Waals surface area (Å²) in [5.41, 5.74) is 5.71. The second-order valence-electron chi connectivity index (χ2n) is 9.40. The van der Waals surface area contributed by atoms with E-state index < -0.39 is 0 Å². The number of hydrazone groups is 1. The van der Waals surface area contributed by atoms with Crippen LogP contribution in [0.3, 0.4) is 0 Å². The fourth-order valence-electron chi connectivity index (χ4n) is 4.57. The first-order valence-electron chi connectivity index (χ1n) is 13.0. The van der Waals surface area contributed by atoms with Crippen LogP contribution in [0.5, 0.6) is 11.5 Å². The Morgan fingerprint density at radius 1 is 1.00 bits per heavy atom. The van der Waals surface area contributed by atoms with E-state index in [0.717, 1.165) is 40.7 Å². The minimum absolute atomic E-state index is 0.196. The van der Waals surface area contributed by atoms with Gasteiger partial charge in [-0.15, -0.1) is 10.2 Å². The molecule has 1 heterocycles. The van der Waals surface area contributed by atoms with E-state index in [1.165, 1.54) is 36.6 Å². The maximum atomic E-state index is 12.6. The van der Waals surface area contributed by atoms with E-state index in [4.69, 9.17) is 4.74 Å². The van der Waals surface area contributed by atoms with Gasteiger partial charge in [-0.1, -0.05) is 91.2 Å². The largest absolute Gasteiger partial charge is 0.457 e. The van der Waals surface area contributed by atoms with Crippen molar-refractivity contribution in [2.75, 3.05) is 5.75 Å². The number of carbonyl (C=O) groups is 1. The molecule has 1 N–H and O–H groups in total. The Bertz CT molecular complexity index is 1380. The predicted molar refractivity (Wildman–Crippen MR) is 152 cm³/mol. The number of amides is 1. The molecular weight excluding hydrogens is 494 g/mol. The highest BCUT2D eigenvalue weighted by Gasteiger charge is 2.24. The van der Waals surface area contributed by atoms with Crippen molar-refractivity contribution >= 4 is 23.9 Å². The molecule has 0 aliphatic heterocycles. The fraction of sp³-hybridized carbons (Fsp3) is 0.267. The van der Waals surface area contributed by atoms with Crippen molar-refractivity contribution in [2.24, 2.45) is 5.10 Å². The molecular formula is C30H31N5O2S. The summed E-state index contributed by atoms with van der Waals surface area (Å²) in [7, 11) is 0. The zero-order chi connectivity index (χ0) is 26.2. The van der Waals surface area contributed by atoms with Gasteiger partial charge in [0.05, 0.1) is 12.0 Å².